The number of rotatable bonds is 0. The Kier molecular flexibility index (Phi) is 5.48. The molecule has 0 aromatic carbocycles. The second-order valence-corrected chi connectivity index (χ2v) is 3.03. The fourth-order valence-corrected chi connectivity index (χ4v) is 0. The molecule has 0 aliphatic rings. The lowest BCUT2D eigenvalue weighted by molar-refractivity contribution is 0.506. The van der Waals surface area contributed by atoms with E-state index in [1.807, 2.05) is 0 Å². The molecule has 0 spiro atoms. The highest BCUT2D eigenvalue weighted by Crippen LogP contribution is 2.21. The summed E-state index contributed by atoms with van der Waals surface area (Å²) in [6, 6.07) is 0. The van der Waals surface area contributed by atoms with Gasteiger partial charge in [-0.2, -0.15) is 0 Å². The maximum absolute atomic E-state index is 3.83. The van der Waals surface area contributed by atoms with E-state index in [1.165, 1.54) is 5.57 Å². The SMILES string of the molecule is C=C.C=C(C)C(C)(C)C. The van der Waals surface area contributed by atoms with Crippen LogP contribution in [-0.2, 0) is 0 Å². The minimum Gasteiger partial charge on any atom is -0.106 e. The average molecular weight is 126 g/mol. The Bertz CT molecular complexity index is 82.7. The Balaban J connectivity index is 0. The van der Waals surface area contributed by atoms with Gasteiger partial charge in [0.25, 0.3) is 0 Å². The van der Waals surface area contributed by atoms with E-state index in [1.54, 1.807) is 0 Å². The maximum Gasteiger partial charge on any atom is -0.0178 e. The number of hydrogen-bond donors (Lipinski definition) is 0. The topological polar surface area (TPSA) is 0 Å². The molecule has 0 aromatic rings. The largest absolute Gasteiger partial charge is 0.106 e. The monoisotopic (exact) mass is 126 g/mol. The molecule has 0 amide bonds. The Morgan fingerprint density at radius 2 is 1.22 bits per heavy atom. The predicted molar refractivity (Wildman–Crippen MR) is 45.5 cm³/mol. The highest BCUT2D eigenvalue weighted by molar-refractivity contribution is 4.99. The van der Waals surface area contributed by atoms with Crippen LogP contribution < -0.4 is 0 Å². The minimum atomic E-state index is 0.306. The molecular weight excluding hydrogens is 108 g/mol. The van der Waals surface area contributed by atoms with Crippen LogP contribution in [0.1, 0.15) is 27.7 Å². The molecular formula is C9H18. The molecule has 0 aliphatic heterocycles. The lowest BCUT2D eigenvalue weighted by Gasteiger charge is -2.16. The van der Waals surface area contributed by atoms with Gasteiger partial charge in [0.15, 0.2) is 0 Å². The van der Waals surface area contributed by atoms with Gasteiger partial charge in [0.1, 0.15) is 0 Å². The summed E-state index contributed by atoms with van der Waals surface area (Å²) < 4.78 is 0. The van der Waals surface area contributed by atoms with Crippen LogP contribution in [0.3, 0.4) is 0 Å². The van der Waals surface area contributed by atoms with E-state index >= 15 is 0 Å². The van der Waals surface area contributed by atoms with Crippen molar-refractivity contribution in [2.45, 2.75) is 27.7 Å². The van der Waals surface area contributed by atoms with Gasteiger partial charge in [0.2, 0.25) is 0 Å². The van der Waals surface area contributed by atoms with Gasteiger partial charge in [-0.15, -0.1) is 13.2 Å². The Morgan fingerprint density at radius 1 is 1.11 bits per heavy atom. The fraction of sp³-hybridized carbons (Fsp3) is 0.556. The van der Waals surface area contributed by atoms with Crippen LogP contribution in [0.2, 0.25) is 0 Å². The molecule has 0 saturated carbocycles. The van der Waals surface area contributed by atoms with Gasteiger partial charge >= 0.3 is 0 Å². The van der Waals surface area contributed by atoms with Gasteiger partial charge in [-0.3, -0.25) is 0 Å². The van der Waals surface area contributed by atoms with Gasteiger partial charge in [-0.25, -0.2) is 0 Å². The van der Waals surface area contributed by atoms with Crippen LogP contribution >= 0.6 is 0 Å². The Hall–Kier alpha value is -0.520. The van der Waals surface area contributed by atoms with Crippen LogP contribution in [0.4, 0.5) is 0 Å². The van der Waals surface area contributed by atoms with E-state index in [0.29, 0.717) is 5.41 Å². The number of allylic oxidation sites excluding steroid dienone is 1. The Labute approximate surface area is 59.3 Å². The first kappa shape index (κ1) is 11.3. The third-order valence-electron chi connectivity index (χ3n) is 1.28. The summed E-state index contributed by atoms with van der Waals surface area (Å²) in [4.78, 5) is 0. The van der Waals surface area contributed by atoms with Gasteiger partial charge < -0.3 is 0 Å². The summed E-state index contributed by atoms with van der Waals surface area (Å²) in [6.07, 6.45) is 0. The lowest BCUT2D eigenvalue weighted by atomic mass is 9.89. The molecule has 54 valence electrons. The van der Waals surface area contributed by atoms with Crippen molar-refractivity contribution in [1.82, 2.24) is 0 Å². The van der Waals surface area contributed by atoms with E-state index in [-0.39, 0.29) is 0 Å². The molecule has 0 nitrogen and oxygen atoms in total. The zero-order valence-corrected chi connectivity index (χ0v) is 7.12. The maximum atomic E-state index is 3.83. The fourth-order valence-electron chi connectivity index (χ4n) is 0. The summed E-state index contributed by atoms with van der Waals surface area (Å²) >= 11 is 0. The zero-order chi connectivity index (χ0) is 8.08. The van der Waals surface area contributed by atoms with E-state index in [0.717, 1.165) is 0 Å². The van der Waals surface area contributed by atoms with Gasteiger partial charge in [0.05, 0.1) is 0 Å². The quantitative estimate of drug-likeness (QED) is 0.436. The van der Waals surface area contributed by atoms with Gasteiger partial charge in [-0.05, 0) is 12.3 Å². The number of hydrogen-bond acceptors (Lipinski definition) is 0. The lowest BCUT2D eigenvalue weighted by Crippen LogP contribution is -2.04. The van der Waals surface area contributed by atoms with Crippen molar-refractivity contribution in [2.24, 2.45) is 5.41 Å². The summed E-state index contributed by atoms with van der Waals surface area (Å²) in [6.45, 7) is 18.4. The van der Waals surface area contributed by atoms with Crippen LogP contribution in [0.25, 0.3) is 0 Å². The van der Waals surface area contributed by atoms with Crippen molar-refractivity contribution >= 4 is 0 Å². The first-order valence-electron chi connectivity index (χ1n) is 3.10. The second-order valence-electron chi connectivity index (χ2n) is 3.03. The van der Waals surface area contributed by atoms with Crippen LogP contribution in [-0.4, -0.2) is 0 Å². The summed E-state index contributed by atoms with van der Waals surface area (Å²) in [5.74, 6) is 0. The van der Waals surface area contributed by atoms with Crippen LogP contribution in [0, 0.1) is 5.41 Å². The highest BCUT2D eigenvalue weighted by atomic mass is 14.1. The Morgan fingerprint density at radius 3 is 1.22 bits per heavy atom. The average Bonchev–Trinajstić information content (AvgIpc) is 1.69. The molecule has 0 heterocycles. The summed E-state index contributed by atoms with van der Waals surface area (Å²) in [7, 11) is 0. The molecule has 0 bridgehead atoms. The van der Waals surface area contributed by atoms with Crippen molar-refractivity contribution < 1.29 is 0 Å². The second kappa shape index (κ2) is 4.37. The molecule has 0 N–H and O–H groups in total. The van der Waals surface area contributed by atoms with E-state index in [9.17, 15) is 0 Å². The highest BCUT2D eigenvalue weighted by Gasteiger charge is 2.08. The summed E-state index contributed by atoms with van der Waals surface area (Å²) in [5.41, 5.74) is 1.55. The van der Waals surface area contributed by atoms with Crippen molar-refractivity contribution in [3.8, 4) is 0 Å². The predicted octanol–water partition coefficient (Wildman–Crippen LogP) is 3.41. The molecule has 0 unspecified atom stereocenters. The molecule has 0 atom stereocenters. The molecule has 0 aromatic heterocycles. The normalized spacial score (nSPS) is 9.33. The van der Waals surface area contributed by atoms with Crippen molar-refractivity contribution in [2.75, 3.05) is 0 Å². The van der Waals surface area contributed by atoms with Crippen molar-refractivity contribution in [3.05, 3.63) is 25.3 Å². The van der Waals surface area contributed by atoms with Crippen LogP contribution in [0.5, 0.6) is 0 Å². The molecule has 0 radical (unpaired) electrons. The minimum absolute atomic E-state index is 0.306. The molecule has 0 heteroatoms. The van der Waals surface area contributed by atoms with Gasteiger partial charge in [0, 0.05) is 0 Å². The standard InChI is InChI=1S/C7H14.C2H4/c1-6(2)7(3,4)5;1-2/h1H2,2-5H3;1-2H2. The van der Waals surface area contributed by atoms with E-state index in [2.05, 4.69) is 47.4 Å². The molecule has 0 aliphatic carbocycles. The molecule has 0 saturated heterocycles. The molecule has 9 heavy (non-hydrogen) atoms. The van der Waals surface area contributed by atoms with E-state index < -0.39 is 0 Å². The van der Waals surface area contributed by atoms with Gasteiger partial charge in [-0.1, -0.05) is 32.9 Å². The molecule has 0 rings (SSSR count). The first-order chi connectivity index (χ1) is 3.94. The van der Waals surface area contributed by atoms with Crippen molar-refractivity contribution in [3.63, 3.8) is 0 Å². The third-order valence-corrected chi connectivity index (χ3v) is 1.28. The zero-order valence-electron chi connectivity index (χ0n) is 7.12. The smallest absolute Gasteiger partial charge is 0.0178 e. The summed E-state index contributed by atoms with van der Waals surface area (Å²) in [5, 5.41) is 0. The van der Waals surface area contributed by atoms with Crippen molar-refractivity contribution in [1.29, 1.82) is 0 Å². The third kappa shape index (κ3) is 7.48. The first-order valence-corrected chi connectivity index (χ1v) is 3.10. The van der Waals surface area contributed by atoms with Crippen LogP contribution in [0.15, 0.2) is 25.3 Å². The van der Waals surface area contributed by atoms with E-state index in [4.69, 9.17) is 0 Å². The molecule has 0 fully saturated rings.